The summed E-state index contributed by atoms with van der Waals surface area (Å²) in [5.41, 5.74) is 0. The van der Waals surface area contributed by atoms with Crippen LogP contribution in [0.1, 0.15) is 0 Å². The Kier molecular flexibility index (Phi) is 3.98. The molecule has 0 aromatic carbocycles. The van der Waals surface area contributed by atoms with Gasteiger partial charge in [0, 0.05) is 13.1 Å². The van der Waals surface area contributed by atoms with Crippen molar-refractivity contribution in [2.75, 3.05) is 32.6 Å². The summed E-state index contributed by atoms with van der Waals surface area (Å²) in [6.45, 7) is 10.1. The maximum Gasteiger partial charge on any atom is 0.183 e. The number of hydrogen-bond acceptors (Lipinski definition) is 3. The average molecular weight is 184 g/mol. The van der Waals surface area contributed by atoms with Gasteiger partial charge in [0.1, 0.15) is 0 Å². The smallest absolute Gasteiger partial charge is 0.183 e. The summed E-state index contributed by atoms with van der Waals surface area (Å²) in [6.07, 6.45) is 3.57. The number of morpholine rings is 1. The molecule has 1 aliphatic rings. The number of nitrogens with zero attached hydrogens (tertiary/aromatic N) is 2. The zero-order valence-corrected chi connectivity index (χ0v) is 7.93. The van der Waals surface area contributed by atoms with Crippen LogP contribution in [0.4, 0.5) is 0 Å². The minimum absolute atomic E-state index is 0.774. The number of ether oxygens (including phenoxy) is 1. The predicted octanol–water partition coefficient (Wildman–Crippen LogP) is 1.40. The molecule has 0 aromatic heterocycles. The van der Waals surface area contributed by atoms with Gasteiger partial charge in [0.25, 0.3) is 0 Å². The van der Waals surface area contributed by atoms with Gasteiger partial charge in [-0.15, -0.1) is 11.8 Å². The summed E-state index contributed by atoms with van der Waals surface area (Å²) in [5, 5.41) is 1.05. The summed E-state index contributed by atoms with van der Waals surface area (Å²) in [7, 11) is 0. The normalized spacial score (nSPS) is 19.0. The molecular weight excluding hydrogens is 172 g/mol. The summed E-state index contributed by atoms with van der Waals surface area (Å²) < 4.78 is 5.22. The molecule has 12 heavy (non-hydrogen) atoms. The topological polar surface area (TPSA) is 16.8 Å². The molecule has 4 heteroatoms. The van der Waals surface area contributed by atoms with E-state index in [0.717, 1.165) is 31.3 Å². The maximum absolute atomic E-state index is 6.73. The van der Waals surface area contributed by atoms with Crippen molar-refractivity contribution in [2.24, 2.45) is 0 Å². The zero-order valence-electron chi connectivity index (χ0n) is 7.12. The first kappa shape index (κ1) is 9.43. The fourth-order valence-electron chi connectivity index (χ4n) is 1.10. The Morgan fingerprint density at radius 3 is 2.75 bits per heavy atom. The largest absolute Gasteiger partial charge is 0.378 e. The minimum atomic E-state index is 0.774. The van der Waals surface area contributed by atoms with E-state index in [1.165, 1.54) is 0 Å². The van der Waals surface area contributed by atoms with E-state index >= 15 is 0 Å². The molecule has 0 aromatic rings. The van der Waals surface area contributed by atoms with Gasteiger partial charge in [-0.2, -0.15) is 0 Å². The van der Waals surface area contributed by atoms with E-state index in [2.05, 4.69) is 9.74 Å². The summed E-state index contributed by atoms with van der Waals surface area (Å²) in [4.78, 5) is 5.45. The van der Waals surface area contributed by atoms with Crippen LogP contribution in [-0.4, -0.2) is 37.5 Å². The lowest BCUT2D eigenvalue weighted by Gasteiger charge is -2.29. The lowest BCUT2D eigenvalue weighted by molar-refractivity contribution is 0.0577. The molecule has 0 atom stereocenters. The van der Waals surface area contributed by atoms with Crippen molar-refractivity contribution >= 4 is 11.8 Å². The molecule has 0 bridgehead atoms. The van der Waals surface area contributed by atoms with Crippen LogP contribution < -0.4 is 0 Å². The summed E-state index contributed by atoms with van der Waals surface area (Å²) in [5.74, 6) is 0. The molecule has 3 nitrogen and oxygen atoms in total. The SMILES string of the molecule is [C-]#[N+]/C=C(\SC)N1CCOCC1. The molecular formula is C8H12N2OS. The van der Waals surface area contributed by atoms with E-state index in [1.54, 1.807) is 18.0 Å². The first-order chi connectivity index (χ1) is 5.88. The Morgan fingerprint density at radius 2 is 2.25 bits per heavy atom. The fourth-order valence-corrected chi connectivity index (χ4v) is 1.70. The quantitative estimate of drug-likeness (QED) is 0.604. The van der Waals surface area contributed by atoms with Crippen molar-refractivity contribution in [1.82, 2.24) is 4.90 Å². The van der Waals surface area contributed by atoms with E-state index in [0.29, 0.717) is 0 Å². The van der Waals surface area contributed by atoms with Gasteiger partial charge in [0.15, 0.2) is 6.20 Å². The van der Waals surface area contributed by atoms with Crippen LogP contribution in [0.15, 0.2) is 11.2 Å². The van der Waals surface area contributed by atoms with E-state index in [4.69, 9.17) is 11.3 Å². The number of rotatable bonds is 2. The Labute approximate surface area is 77.2 Å². The van der Waals surface area contributed by atoms with Crippen LogP contribution in [0.2, 0.25) is 0 Å². The van der Waals surface area contributed by atoms with E-state index in [9.17, 15) is 0 Å². The molecule has 0 N–H and O–H groups in total. The fraction of sp³-hybridized carbons (Fsp3) is 0.625. The number of hydrogen-bond donors (Lipinski definition) is 0. The average Bonchev–Trinajstić information content (AvgIpc) is 2.15. The second-order valence-electron chi connectivity index (χ2n) is 2.40. The van der Waals surface area contributed by atoms with Gasteiger partial charge in [-0.1, -0.05) is 0 Å². The second kappa shape index (κ2) is 5.07. The van der Waals surface area contributed by atoms with Crippen molar-refractivity contribution in [3.05, 3.63) is 22.6 Å². The molecule has 1 saturated heterocycles. The molecule has 66 valence electrons. The molecule has 0 spiro atoms. The highest BCUT2D eigenvalue weighted by Gasteiger charge is 2.11. The highest BCUT2D eigenvalue weighted by molar-refractivity contribution is 8.02. The zero-order chi connectivity index (χ0) is 8.81. The van der Waals surface area contributed by atoms with Crippen molar-refractivity contribution < 1.29 is 4.74 Å². The Bertz CT molecular complexity index is 204. The molecule has 0 aliphatic carbocycles. The standard InChI is InChI=1S/C8H12N2OS/c1-9-7-8(12-2)10-3-5-11-6-4-10/h7H,3-6H2,2H3/b8-7-. The minimum Gasteiger partial charge on any atom is -0.378 e. The molecule has 0 saturated carbocycles. The van der Waals surface area contributed by atoms with Gasteiger partial charge in [0.2, 0.25) is 0 Å². The van der Waals surface area contributed by atoms with Crippen molar-refractivity contribution in [3.8, 4) is 0 Å². The number of thioether (sulfide) groups is 1. The third kappa shape index (κ3) is 2.43. The third-order valence-electron chi connectivity index (χ3n) is 1.71. The van der Waals surface area contributed by atoms with E-state index in [-0.39, 0.29) is 0 Å². The molecule has 1 aliphatic heterocycles. The predicted molar refractivity (Wildman–Crippen MR) is 50.6 cm³/mol. The lowest BCUT2D eigenvalue weighted by Crippen LogP contribution is -2.34. The molecule has 1 heterocycles. The Morgan fingerprint density at radius 1 is 1.58 bits per heavy atom. The van der Waals surface area contributed by atoms with Crippen molar-refractivity contribution in [3.63, 3.8) is 0 Å². The van der Waals surface area contributed by atoms with Crippen LogP contribution in [0, 0.1) is 6.57 Å². The van der Waals surface area contributed by atoms with Crippen LogP contribution in [0.3, 0.4) is 0 Å². The summed E-state index contributed by atoms with van der Waals surface area (Å²) >= 11 is 1.62. The second-order valence-corrected chi connectivity index (χ2v) is 3.23. The lowest BCUT2D eigenvalue weighted by atomic mass is 10.4. The molecule has 1 fully saturated rings. The van der Waals surface area contributed by atoms with Gasteiger partial charge in [-0.3, -0.25) is 0 Å². The van der Waals surface area contributed by atoms with Crippen LogP contribution in [-0.2, 0) is 4.74 Å². The van der Waals surface area contributed by atoms with E-state index < -0.39 is 0 Å². The molecule has 0 amide bonds. The van der Waals surface area contributed by atoms with Gasteiger partial charge < -0.3 is 9.64 Å². The molecule has 1 rings (SSSR count). The van der Waals surface area contributed by atoms with Crippen LogP contribution >= 0.6 is 11.8 Å². The first-order valence-corrected chi connectivity index (χ1v) is 5.04. The first-order valence-electron chi connectivity index (χ1n) is 3.82. The Hall–Kier alpha value is -0.660. The van der Waals surface area contributed by atoms with Gasteiger partial charge >= 0.3 is 0 Å². The summed E-state index contributed by atoms with van der Waals surface area (Å²) in [6, 6.07) is 0. The highest BCUT2D eigenvalue weighted by Crippen LogP contribution is 2.18. The van der Waals surface area contributed by atoms with Crippen LogP contribution in [0.25, 0.3) is 4.85 Å². The maximum atomic E-state index is 6.73. The highest BCUT2D eigenvalue weighted by atomic mass is 32.2. The van der Waals surface area contributed by atoms with Crippen molar-refractivity contribution in [1.29, 1.82) is 0 Å². The van der Waals surface area contributed by atoms with Gasteiger partial charge in [-0.25, -0.2) is 4.85 Å². The third-order valence-corrected chi connectivity index (χ3v) is 2.49. The monoisotopic (exact) mass is 184 g/mol. The van der Waals surface area contributed by atoms with Crippen molar-refractivity contribution in [2.45, 2.75) is 0 Å². The molecule has 0 unspecified atom stereocenters. The van der Waals surface area contributed by atoms with E-state index in [1.807, 2.05) is 6.26 Å². The van der Waals surface area contributed by atoms with Gasteiger partial charge in [0.05, 0.1) is 24.8 Å². The van der Waals surface area contributed by atoms with Gasteiger partial charge in [-0.05, 0) is 6.26 Å². The van der Waals surface area contributed by atoms with Crippen LogP contribution in [0.5, 0.6) is 0 Å². The Balaban J connectivity index is 2.53. The molecule has 0 radical (unpaired) electrons.